The molecule has 0 spiro atoms. The molecule has 100 valence electrons. The van der Waals surface area contributed by atoms with Crippen molar-refractivity contribution < 1.29 is 4.39 Å². The molecule has 2 aromatic rings. The second-order valence-electron chi connectivity index (χ2n) is 4.27. The van der Waals surface area contributed by atoms with E-state index in [1.54, 1.807) is 25.1 Å². The fourth-order valence-corrected chi connectivity index (χ4v) is 2.78. The number of rotatable bonds is 2. The summed E-state index contributed by atoms with van der Waals surface area (Å²) in [6, 6.07) is 7.83. The Morgan fingerprint density at radius 1 is 1.16 bits per heavy atom. The van der Waals surface area contributed by atoms with E-state index in [1.807, 2.05) is 6.07 Å². The van der Waals surface area contributed by atoms with E-state index in [0.717, 1.165) is 10.0 Å². The quantitative estimate of drug-likeness (QED) is 0.775. The molecule has 0 heterocycles. The van der Waals surface area contributed by atoms with Crippen molar-refractivity contribution in [3.63, 3.8) is 0 Å². The van der Waals surface area contributed by atoms with Gasteiger partial charge in [-0.1, -0.05) is 39.1 Å². The molecule has 1 nitrogen and oxygen atoms in total. The van der Waals surface area contributed by atoms with Crippen LogP contribution in [0.1, 0.15) is 22.7 Å². The summed E-state index contributed by atoms with van der Waals surface area (Å²) in [5, 5.41) is 0.895. The van der Waals surface area contributed by atoms with Crippen LogP contribution in [0.15, 0.2) is 34.8 Å². The van der Waals surface area contributed by atoms with Gasteiger partial charge in [-0.25, -0.2) is 4.39 Å². The number of benzene rings is 2. The van der Waals surface area contributed by atoms with Crippen molar-refractivity contribution in [3.05, 3.63) is 67.4 Å². The Labute approximate surface area is 129 Å². The van der Waals surface area contributed by atoms with Gasteiger partial charge in [-0.15, -0.1) is 0 Å². The molecule has 2 aromatic carbocycles. The second kappa shape index (κ2) is 5.80. The molecule has 0 fully saturated rings. The smallest absolute Gasteiger partial charge is 0.127 e. The van der Waals surface area contributed by atoms with Gasteiger partial charge in [0.05, 0.1) is 6.04 Å². The molecule has 0 bridgehead atoms. The summed E-state index contributed by atoms with van der Waals surface area (Å²) in [4.78, 5) is 0. The van der Waals surface area contributed by atoms with Gasteiger partial charge in [-0.3, -0.25) is 0 Å². The largest absolute Gasteiger partial charge is 0.320 e. The summed E-state index contributed by atoms with van der Waals surface area (Å²) in [6.45, 7) is 1.68. The predicted molar refractivity (Wildman–Crippen MR) is 81.3 cm³/mol. The summed E-state index contributed by atoms with van der Waals surface area (Å²) in [5.74, 6) is -0.342. The van der Waals surface area contributed by atoms with Crippen molar-refractivity contribution in [2.24, 2.45) is 5.73 Å². The summed E-state index contributed by atoms with van der Waals surface area (Å²) >= 11 is 15.5. The molecule has 0 aromatic heterocycles. The lowest BCUT2D eigenvalue weighted by Crippen LogP contribution is -2.13. The van der Waals surface area contributed by atoms with E-state index in [4.69, 9.17) is 28.9 Å². The lowest BCUT2D eigenvalue weighted by atomic mass is 9.98. The maximum atomic E-state index is 13.4. The first-order valence-corrected chi connectivity index (χ1v) is 7.11. The minimum atomic E-state index is -0.472. The van der Waals surface area contributed by atoms with Gasteiger partial charge in [0.1, 0.15) is 5.82 Å². The van der Waals surface area contributed by atoms with Gasteiger partial charge in [0.15, 0.2) is 0 Å². The molecule has 19 heavy (non-hydrogen) atoms. The standard InChI is InChI=1S/C14H11BrCl2FN/c1-7-4-10(12(17)6-13(7)18)14(19)9-5-8(16)2-3-11(9)15/h2-6,14H,19H2,1H3. The molecule has 0 saturated carbocycles. The molecule has 0 saturated heterocycles. The Hall–Kier alpha value is -0.610. The van der Waals surface area contributed by atoms with Gasteiger partial charge in [0.2, 0.25) is 0 Å². The zero-order valence-corrected chi connectivity index (χ0v) is 13.2. The van der Waals surface area contributed by atoms with E-state index in [2.05, 4.69) is 15.9 Å². The lowest BCUT2D eigenvalue weighted by Gasteiger charge is -2.17. The first-order chi connectivity index (χ1) is 8.90. The maximum Gasteiger partial charge on any atom is 0.127 e. The molecule has 0 aliphatic carbocycles. The molecule has 5 heteroatoms. The molecule has 2 N–H and O–H groups in total. The van der Waals surface area contributed by atoms with E-state index in [1.165, 1.54) is 6.07 Å². The Bertz CT molecular complexity index is 631. The highest BCUT2D eigenvalue weighted by molar-refractivity contribution is 9.10. The Morgan fingerprint density at radius 2 is 1.84 bits per heavy atom. The van der Waals surface area contributed by atoms with Crippen molar-refractivity contribution in [3.8, 4) is 0 Å². The van der Waals surface area contributed by atoms with Crippen LogP contribution < -0.4 is 5.73 Å². The maximum absolute atomic E-state index is 13.4. The SMILES string of the molecule is Cc1cc(C(N)c2cc(Cl)ccc2Br)c(Cl)cc1F. The van der Waals surface area contributed by atoms with Crippen molar-refractivity contribution >= 4 is 39.1 Å². The summed E-state index contributed by atoms with van der Waals surface area (Å²) < 4.78 is 14.2. The third kappa shape index (κ3) is 3.11. The van der Waals surface area contributed by atoms with E-state index in [-0.39, 0.29) is 5.82 Å². The number of halogens is 4. The zero-order valence-electron chi connectivity index (χ0n) is 10.1. The second-order valence-corrected chi connectivity index (χ2v) is 5.96. The van der Waals surface area contributed by atoms with Gasteiger partial charge in [-0.05, 0) is 53.9 Å². The summed E-state index contributed by atoms with van der Waals surface area (Å²) in [7, 11) is 0. The molecule has 0 aliphatic heterocycles. The van der Waals surface area contributed by atoms with Gasteiger partial charge in [-0.2, -0.15) is 0 Å². The molecular formula is C14H11BrCl2FN. The van der Waals surface area contributed by atoms with Crippen LogP contribution in [0.3, 0.4) is 0 Å². The Balaban J connectivity index is 2.52. The van der Waals surface area contributed by atoms with Gasteiger partial charge < -0.3 is 5.73 Å². The summed E-state index contributed by atoms with van der Waals surface area (Å²) in [5.41, 5.74) is 8.19. The average Bonchev–Trinajstić information content (AvgIpc) is 2.36. The van der Waals surface area contributed by atoms with Crippen molar-refractivity contribution in [2.75, 3.05) is 0 Å². The molecular weight excluding hydrogens is 352 g/mol. The van der Waals surface area contributed by atoms with Crippen LogP contribution >= 0.6 is 39.1 Å². The Morgan fingerprint density at radius 3 is 2.53 bits per heavy atom. The van der Waals surface area contributed by atoms with Crippen LogP contribution in [0, 0.1) is 12.7 Å². The monoisotopic (exact) mass is 361 g/mol. The van der Waals surface area contributed by atoms with Gasteiger partial charge in [0.25, 0.3) is 0 Å². The van der Waals surface area contributed by atoms with E-state index < -0.39 is 6.04 Å². The molecule has 0 amide bonds. The van der Waals surface area contributed by atoms with Crippen LogP contribution in [-0.4, -0.2) is 0 Å². The highest BCUT2D eigenvalue weighted by Crippen LogP contribution is 2.33. The molecule has 1 unspecified atom stereocenters. The van der Waals surface area contributed by atoms with Crippen LogP contribution in [0.25, 0.3) is 0 Å². The third-order valence-electron chi connectivity index (χ3n) is 2.91. The number of hydrogen-bond donors (Lipinski definition) is 1. The average molecular weight is 363 g/mol. The van der Waals surface area contributed by atoms with E-state index in [0.29, 0.717) is 21.2 Å². The minimum Gasteiger partial charge on any atom is -0.320 e. The van der Waals surface area contributed by atoms with E-state index >= 15 is 0 Å². The highest BCUT2D eigenvalue weighted by Gasteiger charge is 2.17. The fourth-order valence-electron chi connectivity index (χ4n) is 1.84. The Kier molecular flexibility index (Phi) is 4.51. The molecule has 1 atom stereocenters. The molecule has 0 aliphatic rings. The lowest BCUT2D eigenvalue weighted by molar-refractivity contribution is 0.617. The van der Waals surface area contributed by atoms with Crippen molar-refractivity contribution in [1.29, 1.82) is 0 Å². The van der Waals surface area contributed by atoms with Crippen molar-refractivity contribution in [2.45, 2.75) is 13.0 Å². The number of nitrogens with two attached hydrogens (primary N) is 1. The minimum absolute atomic E-state index is 0.308. The normalized spacial score (nSPS) is 12.5. The van der Waals surface area contributed by atoms with E-state index in [9.17, 15) is 4.39 Å². The van der Waals surface area contributed by atoms with Crippen LogP contribution in [-0.2, 0) is 0 Å². The van der Waals surface area contributed by atoms with Crippen molar-refractivity contribution in [1.82, 2.24) is 0 Å². The predicted octanol–water partition coefficient (Wildman–Crippen LogP) is 5.25. The van der Waals surface area contributed by atoms with Crippen LogP contribution in [0.5, 0.6) is 0 Å². The number of hydrogen-bond acceptors (Lipinski definition) is 1. The first-order valence-electron chi connectivity index (χ1n) is 5.56. The van der Waals surface area contributed by atoms with Gasteiger partial charge in [0, 0.05) is 14.5 Å². The van der Waals surface area contributed by atoms with Crippen LogP contribution in [0.4, 0.5) is 4.39 Å². The number of aryl methyl sites for hydroxylation is 1. The molecule has 2 rings (SSSR count). The third-order valence-corrected chi connectivity index (χ3v) is 4.19. The van der Waals surface area contributed by atoms with Gasteiger partial charge >= 0.3 is 0 Å². The topological polar surface area (TPSA) is 26.0 Å². The zero-order chi connectivity index (χ0) is 14.2. The highest BCUT2D eigenvalue weighted by atomic mass is 79.9. The molecule has 0 radical (unpaired) electrons. The first kappa shape index (κ1) is 14.8. The van der Waals surface area contributed by atoms with Crippen LogP contribution in [0.2, 0.25) is 10.0 Å². The fraction of sp³-hybridized carbons (Fsp3) is 0.143. The summed E-state index contributed by atoms with van der Waals surface area (Å²) in [6.07, 6.45) is 0.